The van der Waals surface area contributed by atoms with Crippen LogP contribution in [0.1, 0.15) is 26.2 Å². The highest BCUT2D eigenvalue weighted by Gasteiger charge is 2.35. The number of hydrogen-bond donors (Lipinski definition) is 2. The van der Waals surface area contributed by atoms with Crippen LogP contribution in [0.15, 0.2) is 0 Å². The lowest BCUT2D eigenvalue weighted by molar-refractivity contribution is -0.668. The van der Waals surface area contributed by atoms with E-state index in [4.69, 9.17) is 4.74 Å². The average Bonchev–Trinajstić information content (AvgIpc) is 2.19. The molecule has 0 saturated carbocycles. The fraction of sp³-hybridized carbons (Fsp3) is 0.889. The van der Waals surface area contributed by atoms with Gasteiger partial charge in [0.1, 0.15) is 5.60 Å². The summed E-state index contributed by atoms with van der Waals surface area (Å²) in [7, 11) is 0. The Labute approximate surface area is 84.6 Å². The number of carbonyl (C=O) groups is 1. The van der Waals surface area contributed by atoms with Gasteiger partial charge in [-0.25, -0.2) is 0 Å². The smallest absolute Gasteiger partial charge is 0.316 e. The van der Waals surface area contributed by atoms with Crippen LogP contribution in [0.4, 0.5) is 0 Å². The van der Waals surface area contributed by atoms with E-state index in [0.29, 0.717) is 0 Å². The van der Waals surface area contributed by atoms with Gasteiger partial charge in [-0.3, -0.25) is 4.79 Å². The molecule has 0 aromatic heterocycles. The van der Waals surface area contributed by atoms with Crippen molar-refractivity contribution in [3.63, 3.8) is 0 Å². The Bertz CT molecular complexity index is 178. The van der Waals surface area contributed by atoms with Gasteiger partial charge in [0, 0.05) is 12.8 Å². The fourth-order valence-electron chi connectivity index (χ4n) is 1.80. The summed E-state index contributed by atoms with van der Waals surface area (Å²) in [5, 5.41) is 2.27. The van der Waals surface area contributed by atoms with Crippen molar-refractivity contribution < 1.29 is 14.8 Å². The second-order valence-corrected chi connectivity index (χ2v) is 3.85. The van der Waals surface area contributed by atoms with E-state index in [2.05, 4.69) is 24.9 Å². The molecule has 1 saturated heterocycles. The van der Waals surface area contributed by atoms with Crippen molar-refractivity contribution in [1.29, 1.82) is 0 Å². The maximum absolute atomic E-state index is 11.1. The highest BCUT2D eigenvalue weighted by Crippen LogP contribution is 2.25. The zero-order valence-corrected chi connectivity index (χ0v) is 8.98. The van der Waals surface area contributed by atoms with E-state index < -0.39 is 0 Å². The monoisotopic (exact) mass is 204 g/mol. The Hall–Kier alpha value is -0.220. The Morgan fingerprint density at radius 1 is 1.54 bits per heavy atom. The molecule has 0 bridgehead atoms. The van der Waals surface area contributed by atoms with Crippen molar-refractivity contribution in [3.05, 3.63) is 0 Å². The standard InChI is InChI=1S/C9H17NO2S/c1-2-9(12-8(11)7-13)3-5-10-6-4-9/h10,13H,2-7H2,1H3/p+1. The second kappa shape index (κ2) is 4.86. The first-order valence-electron chi connectivity index (χ1n) is 4.87. The topological polar surface area (TPSA) is 42.9 Å². The van der Waals surface area contributed by atoms with E-state index in [9.17, 15) is 4.79 Å². The van der Waals surface area contributed by atoms with Crippen LogP contribution in [-0.4, -0.2) is 30.4 Å². The molecular weight excluding hydrogens is 186 g/mol. The van der Waals surface area contributed by atoms with Crippen LogP contribution >= 0.6 is 12.6 Å². The van der Waals surface area contributed by atoms with Gasteiger partial charge in [0.2, 0.25) is 0 Å². The third-order valence-electron chi connectivity index (χ3n) is 2.71. The molecule has 1 heterocycles. The van der Waals surface area contributed by atoms with Crippen LogP contribution in [-0.2, 0) is 9.53 Å². The quantitative estimate of drug-likeness (QED) is 0.500. The number of piperidine rings is 1. The highest BCUT2D eigenvalue weighted by atomic mass is 32.1. The van der Waals surface area contributed by atoms with E-state index in [0.717, 1.165) is 32.4 Å². The maximum atomic E-state index is 11.1. The van der Waals surface area contributed by atoms with Gasteiger partial charge in [-0.1, -0.05) is 6.92 Å². The van der Waals surface area contributed by atoms with Gasteiger partial charge in [-0.05, 0) is 6.42 Å². The molecule has 0 radical (unpaired) electrons. The second-order valence-electron chi connectivity index (χ2n) is 3.53. The lowest BCUT2D eigenvalue weighted by Crippen LogP contribution is -2.88. The molecule has 1 aliphatic heterocycles. The van der Waals surface area contributed by atoms with E-state index in [1.165, 1.54) is 0 Å². The molecule has 0 amide bonds. The van der Waals surface area contributed by atoms with Crippen molar-refractivity contribution >= 4 is 18.6 Å². The van der Waals surface area contributed by atoms with Crippen LogP contribution in [0.2, 0.25) is 0 Å². The Balaban J connectivity index is 2.52. The van der Waals surface area contributed by atoms with Gasteiger partial charge in [0.15, 0.2) is 0 Å². The maximum Gasteiger partial charge on any atom is 0.316 e. The number of quaternary nitrogens is 1. The molecule has 0 aromatic rings. The number of nitrogens with two attached hydrogens (primary N) is 1. The molecule has 1 aliphatic rings. The van der Waals surface area contributed by atoms with Gasteiger partial charge < -0.3 is 10.1 Å². The summed E-state index contributed by atoms with van der Waals surface area (Å²) in [4.78, 5) is 11.1. The van der Waals surface area contributed by atoms with Crippen LogP contribution in [0, 0.1) is 0 Å². The third kappa shape index (κ3) is 2.88. The van der Waals surface area contributed by atoms with Crippen molar-refractivity contribution in [2.75, 3.05) is 18.8 Å². The predicted molar refractivity (Wildman–Crippen MR) is 53.9 cm³/mol. The van der Waals surface area contributed by atoms with Crippen LogP contribution in [0.3, 0.4) is 0 Å². The van der Waals surface area contributed by atoms with Gasteiger partial charge in [-0.15, -0.1) is 0 Å². The molecule has 4 heteroatoms. The first-order chi connectivity index (χ1) is 6.22. The van der Waals surface area contributed by atoms with Crippen LogP contribution < -0.4 is 5.32 Å². The van der Waals surface area contributed by atoms with E-state index >= 15 is 0 Å². The zero-order chi connectivity index (χ0) is 9.73. The highest BCUT2D eigenvalue weighted by molar-refractivity contribution is 7.81. The minimum absolute atomic E-state index is 0.186. The number of esters is 1. The molecule has 1 fully saturated rings. The van der Waals surface area contributed by atoms with Gasteiger partial charge >= 0.3 is 5.97 Å². The largest absolute Gasteiger partial charge is 0.458 e. The van der Waals surface area contributed by atoms with Crippen molar-refractivity contribution in [1.82, 2.24) is 0 Å². The van der Waals surface area contributed by atoms with Crippen LogP contribution in [0.25, 0.3) is 0 Å². The lowest BCUT2D eigenvalue weighted by atomic mass is 9.89. The molecule has 0 spiro atoms. The average molecular weight is 204 g/mol. The van der Waals surface area contributed by atoms with E-state index in [1.807, 2.05) is 0 Å². The minimum Gasteiger partial charge on any atom is -0.458 e. The summed E-state index contributed by atoms with van der Waals surface area (Å²) in [5.74, 6) is -0.00191. The Kier molecular flexibility index (Phi) is 4.06. The first kappa shape index (κ1) is 10.9. The summed E-state index contributed by atoms with van der Waals surface area (Å²) in [5.41, 5.74) is -0.186. The van der Waals surface area contributed by atoms with E-state index in [-0.39, 0.29) is 17.3 Å². The molecule has 76 valence electrons. The van der Waals surface area contributed by atoms with Gasteiger partial charge in [-0.2, -0.15) is 12.6 Å². The fourth-order valence-corrected chi connectivity index (χ4v) is 1.87. The SMILES string of the molecule is CCC1(OC(=O)CS)CC[NH2+]CC1. The number of carbonyl (C=O) groups excluding carboxylic acids is 1. The Morgan fingerprint density at radius 3 is 2.62 bits per heavy atom. The molecule has 0 atom stereocenters. The van der Waals surface area contributed by atoms with Gasteiger partial charge in [0.05, 0.1) is 18.8 Å². The molecule has 1 rings (SSSR count). The lowest BCUT2D eigenvalue weighted by Gasteiger charge is -2.34. The summed E-state index contributed by atoms with van der Waals surface area (Å²) >= 11 is 3.91. The minimum atomic E-state index is -0.188. The molecule has 0 aromatic carbocycles. The molecule has 3 nitrogen and oxygen atoms in total. The molecule has 2 N–H and O–H groups in total. The van der Waals surface area contributed by atoms with Crippen molar-refractivity contribution in [2.45, 2.75) is 31.8 Å². The zero-order valence-electron chi connectivity index (χ0n) is 8.08. The third-order valence-corrected chi connectivity index (χ3v) is 2.97. The molecule has 0 unspecified atom stereocenters. The number of thiol groups is 1. The van der Waals surface area contributed by atoms with Crippen molar-refractivity contribution in [2.24, 2.45) is 0 Å². The number of rotatable bonds is 3. The first-order valence-corrected chi connectivity index (χ1v) is 5.50. The van der Waals surface area contributed by atoms with Crippen LogP contribution in [0.5, 0.6) is 0 Å². The summed E-state index contributed by atoms with van der Waals surface area (Å²) in [6.45, 7) is 4.21. The van der Waals surface area contributed by atoms with Crippen molar-refractivity contribution in [3.8, 4) is 0 Å². The molecule has 13 heavy (non-hydrogen) atoms. The summed E-state index contributed by atoms with van der Waals surface area (Å²) in [6.07, 6.45) is 2.87. The molecule has 0 aliphatic carbocycles. The number of hydrogen-bond acceptors (Lipinski definition) is 3. The summed E-state index contributed by atoms with van der Waals surface area (Å²) in [6, 6.07) is 0. The molecular formula is C9H18NO2S+. The van der Waals surface area contributed by atoms with E-state index in [1.54, 1.807) is 0 Å². The predicted octanol–water partition coefficient (Wildman–Crippen LogP) is -0.0346. The Morgan fingerprint density at radius 2 is 2.15 bits per heavy atom. The number of ether oxygens (including phenoxy) is 1. The van der Waals surface area contributed by atoms with Gasteiger partial charge in [0.25, 0.3) is 0 Å². The normalized spacial score (nSPS) is 21.1. The summed E-state index contributed by atoms with van der Waals surface area (Å²) < 4.78 is 5.44.